The quantitative estimate of drug-likeness (QED) is 0.319. The molecule has 0 atom stereocenters. The number of carbonyl (C=O) groups excluding carboxylic acids is 1. The van der Waals surface area contributed by atoms with Crippen LogP contribution in [-0.2, 0) is 10.4 Å². The van der Waals surface area contributed by atoms with Gasteiger partial charge in [0.05, 0.1) is 12.8 Å². The van der Waals surface area contributed by atoms with Gasteiger partial charge in [-0.3, -0.25) is 4.79 Å². The maximum absolute atomic E-state index is 13.0. The van der Waals surface area contributed by atoms with Gasteiger partial charge in [0.1, 0.15) is 5.75 Å². The standard InChI is InChI=1S/C25H26N2O3/c1-2-3-18-30-23-16-14-20(15-17-23)19-26-27-24(28)25(29,21-10-6-4-7-11-21)22-12-8-5-9-13-22/h4-17,19,29H,2-3,18H2,1H3,(H,27,28)/b26-19-. The van der Waals surface area contributed by atoms with Crippen LogP contribution in [0.3, 0.4) is 0 Å². The Morgan fingerprint density at radius 1 is 0.967 bits per heavy atom. The van der Waals surface area contributed by atoms with E-state index in [0.717, 1.165) is 24.2 Å². The molecule has 0 heterocycles. The molecule has 154 valence electrons. The molecule has 0 spiro atoms. The summed E-state index contributed by atoms with van der Waals surface area (Å²) in [5.74, 6) is 0.169. The van der Waals surface area contributed by atoms with E-state index in [1.54, 1.807) is 48.5 Å². The van der Waals surface area contributed by atoms with Crippen molar-refractivity contribution in [3.8, 4) is 5.75 Å². The largest absolute Gasteiger partial charge is 0.494 e. The van der Waals surface area contributed by atoms with Crippen molar-refractivity contribution in [2.24, 2.45) is 5.10 Å². The Hall–Kier alpha value is -3.44. The molecule has 2 N–H and O–H groups in total. The summed E-state index contributed by atoms with van der Waals surface area (Å²) in [5, 5.41) is 15.4. The highest BCUT2D eigenvalue weighted by Gasteiger charge is 2.39. The zero-order valence-corrected chi connectivity index (χ0v) is 17.0. The average Bonchev–Trinajstić information content (AvgIpc) is 2.81. The van der Waals surface area contributed by atoms with E-state index in [4.69, 9.17) is 4.74 Å². The number of unbranched alkanes of at least 4 members (excludes halogenated alkanes) is 1. The van der Waals surface area contributed by atoms with Crippen molar-refractivity contribution in [2.75, 3.05) is 6.61 Å². The third-order valence-corrected chi connectivity index (χ3v) is 4.74. The van der Waals surface area contributed by atoms with Crippen molar-refractivity contribution < 1.29 is 14.6 Å². The van der Waals surface area contributed by atoms with E-state index in [9.17, 15) is 9.90 Å². The highest BCUT2D eigenvalue weighted by atomic mass is 16.5. The number of hydrogen-bond donors (Lipinski definition) is 2. The average molecular weight is 402 g/mol. The Kier molecular flexibility index (Phi) is 7.35. The van der Waals surface area contributed by atoms with Crippen molar-refractivity contribution in [2.45, 2.75) is 25.4 Å². The molecule has 0 saturated carbocycles. The molecule has 5 nitrogen and oxygen atoms in total. The summed E-state index contributed by atoms with van der Waals surface area (Å²) in [7, 11) is 0. The number of aliphatic hydroxyl groups is 1. The van der Waals surface area contributed by atoms with Gasteiger partial charge in [-0.25, -0.2) is 5.43 Å². The summed E-state index contributed by atoms with van der Waals surface area (Å²) >= 11 is 0. The van der Waals surface area contributed by atoms with Gasteiger partial charge in [-0.15, -0.1) is 0 Å². The van der Waals surface area contributed by atoms with E-state index in [0.29, 0.717) is 17.7 Å². The van der Waals surface area contributed by atoms with Gasteiger partial charge in [-0.05, 0) is 47.4 Å². The fraction of sp³-hybridized carbons (Fsp3) is 0.200. The minimum Gasteiger partial charge on any atom is -0.494 e. The van der Waals surface area contributed by atoms with E-state index in [-0.39, 0.29) is 0 Å². The van der Waals surface area contributed by atoms with Crippen LogP contribution >= 0.6 is 0 Å². The lowest BCUT2D eigenvalue weighted by Crippen LogP contribution is -2.43. The van der Waals surface area contributed by atoms with Crippen LogP contribution in [0.5, 0.6) is 5.75 Å². The molecule has 0 aliphatic rings. The molecule has 0 aliphatic carbocycles. The zero-order valence-electron chi connectivity index (χ0n) is 17.0. The molecule has 0 aromatic heterocycles. The highest BCUT2D eigenvalue weighted by molar-refractivity contribution is 5.91. The molecule has 0 saturated heterocycles. The van der Waals surface area contributed by atoms with Crippen molar-refractivity contribution in [3.05, 3.63) is 102 Å². The molecular formula is C25H26N2O3. The normalized spacial score (nSPS) is 11.4. The molecular weight excluding hydrogens is 376 g/mol. The van der Waals surface area contributed by atoms with E-state index in [2.05, 4.69) is 17.5 Å². The first-order valence-corrected chi connectivity index (χ1v) is 10.0. The van der Waals surface area contributed by atoms with Crippen LogP contribution < -0.4 is 10.2 Å². The summed E-state index contributed by atoms with van der Waals surface area (Å²) in [6.07, 6.45) is 3.63. The zero-order chi connectivity index (χ0) is 21.2. The van der Waals surface area contributed by atoms with Crippen LogP contribution in [0.4, 0.5) is 0 Å². The van der Waals surface area contributed by atoms with E-state index in [1.165, 1.54) is 6.21 Å². The van der Waals surface area contributed by atoms with Crippen molar-refractivity contribution >= 4 is 12.1 Å². The third kappa shape index (κ3) is 5.13. The Morgan fingerprint density at radius 2 is 1.53 bits per heavy atom. The predicted molar refractivity (Wildman–Crippen MR) is 118 cm³/mol. The van der Waals surface area contributed by atoms with Crippen molar-refractivity contribution in [1.29, 1.82) is 0 Å². The second kappa shape index (κ2) is 10.4. The molecule has 3 rings (SSSR count). The monoisotopic (exact) mass is 402 g/mol. The van der Waals surface area contributed by atoms with Crippen molar-refractivity contribution in [3.63, 3.8) is 0 Å². The molecule has 0 radical (unpaired) electrons. The van der Waals surface area contributed by atoms with Gasteiger partial charge in [0.15, 0.2) is 5.60 Å². The minimum atomic E-state index is -1.85. The number of nitrogens with one attached hydrogen (secondary N) is 1. The second-order valence-corrected chi connectivity index (χ2v) is 6.91. The van der Waals surface area contributed by atoms with E-state index >= 15 is 0 Å². The fourth-order valence-electron chi connectivity index (χ4n) is 3.02. The van der Waals surface area contributed by atoms with Crippen LogP contribution in [0.25, 0.3) is 0 Å². The van der Waals surface area contributed by atoms with Gasteiger partial charge in [0.2, 0.25) is 0 Å². The SMILES string of the molecule is CCCCOc1ccc(/C=N\NC(=O)C(O)(c2ccccc2)c2ccccc2)cc1. The maximum Gasteiger partial charge on any atom is 0.281 e. The molecule has 0 aliphatic heterocycles. The van der Waals surface area contributed by atoms with E-state index < -0.39 is 11.5 Å². The molecule has 0 bridgehead atoms. The number of rotatable bonds is 9. The Morgan fingerprint density at radius 3 is 2.07 bits per heavy atom. The Labute approximate surface area is 177 Å². The second-order valence-electron chi connectivity index (χ2n) is 6.91. The molecule has 0 unspecified atom stereocenters. The smallest absolute Gasteiger partial charge is 0.281 e. The lowest BCUT2D eigenvalue weighted by Gasteiger charge is -2.27. The number of benzene rings is 3. The van der Waals surface area contributed by atoms with Crippen molar-refractivity contribution in [1.82, 2.24) is 5.43 Å². The predicted octanol–water partition coefficient (Wildman–Crippen LogP) is 4.25. The summed E-state index contributed by atoms with van der Waals surface area (Å²) in [6.45, 7) is 2.81. The summed E-state index contributed by atoms with van der Waals surface area (Å²) in [5.41, 5.74) is 2.37. The number of hydrogen-bond acceptors (Lipinski definition) is 4. The first-order valence-electron chi connectivity index (χ1n) is 10.0. The van der Waals surface area contributed by atoms with Gasteiger partial charge in [-0.1, -0.05) is 74.0 Å². The summed E-state index contributed by atoms with van der Waals surface area (Å²) < 4.78 is 5.64. The van der Waals surface area contributed by atoms with Gasteiger partial charge < -0.3 is 9.84 Å². The highest BCUT2D eigenvalue weighted by Crippen LogP contribution is 2.29. The summed E-state index contributed by atoms with van der Waals surface area (Å²) in [6, 6.07) is 25.1. The first-order chi connectivity index (χ1) is 14.6. The first kappa shape index (κ1) is 21.3. The third-order valence-electron chi connectivity index (χ3n) is 4.74. The lowest BCUT2D eigenvalue weighted by molar-refractivity contribution is -0.136. The minimum absolute atomic E-state index is 0.470. The molecule has 3 aromatic carbocycles. The molecule has 3 aromatic rings. The number of ether oxygens (including phenoxy) is 1. The number of hydrazone groups is 1. The number of carbonyl (C=O) groups is 1. The van der Waals surface area contributed by atoms with Gasteiger partial charge in [0.25, 0.3) is 5.91 Å². The fourth-order valence-corrected chi connectivity index (χ4v) is 3.02. The van der Waals surface area contributed by atoms with Crippen LogP contribution in [-0.4, -0.2) is 23.8 Å². The molecule has 0 fully saturated rings. The van der Waals surface area contributed by atoms with E-state index in [1.807, 2.05) is 36.4 Å². The number of nitrogens with zero attached hydrogens (tertiary/aromatic N) is 1. The number of amides is 1. The molecule has 1 amide bonds. The van der Waals surface area contributed by atoms with Crippen LogP contribution in [0.1, 0.15) is 36.5 Å². The molecule has 30 heavy (non-hydrogen) atoms. The Balaban J connectivity index is 1.72. The topological polar surface area (TPSA) is 70.9 Å². The lowest BCUT2D eigenvalue weighted by atomic mass is 9.85. The van der Waals surface area contributed by atoms with Crippen LogP contribution in [0, 0.1) is 0 Å². The maximum atomic E-state index is 13.0. The van der Waals surface area contributed by atoms with Crippen LogP contribution in [0.2, 0.25) is 0 Å². The summed E-state index contributed by atoms with van der Waals surface area (Å²) in [4.78, 5) is 13.0. The van der Waals surface area contributed by atoms with Gasteiger partial charge in [0, 0.05) is 0 Å². The van der Waals surface area contributed by atoms with Crippen LogP contribution in [0.15, 0.2) is 90.0 Å². The molecule has 5 heteroatoms. The van der Waals surface area contributed by atoms with Gasteiger partial charge >= 0.3 is 0 Å². The Bertz CT molecular complexity index is 915. The van der Waals surface area contributed by atoms with Gasteiger partial charge in [-0.2, -0.15) is 5.10 Å².